The SMILES string of the molecule is COc1ccc([C@@H](C)CC(=O)c2nccn2C)cc1. The average molecular weight is 258 g/mol. The molecule has 2 rings (SSSR count). The summed E-state index contributed by atoms with van der Waals surface area (Å²) in [5.74, 6) is 1.57. The number of ketones is 1. The molecule has 0 radical (unpaired) electrons. The Balaban J connectivity index is 2.06. The van der Waals surface area contributed by atoms with Crippen molar-refractivity contribution in [3.05, 3.63) is 48.0 Å². The number of ether oxygens (including phenoxy) is 1. The average Bonchev–Trinajstić information content (AvgIpc) is 2.85. The zero-order valence-corrected chi connectivity index (χ0v) is 11.5. The summed E-state index contributed by atoms with van der Waals surface area (Å²) < 4.78 is 6.88. The Morgan fingerprint density at radius 3 is 2.58 bits per heavy atom. The van der Waals surface area contributed by atoms with E-state index in [2.05, 4.69) is 4.98 Å². The summed E-state index contributed by atoms with van der Waals surface area (Å²) >= 11 is 0. The molecule has 0 spiro atoms. The van der Waals surface area contributed by atoms with E-state index in [9.17, 15) is 4.79 Å². The number of rotatable bonds is 5. The summed E-state index contributed by atoms with van der Waals surface area (Å²) in [5, 5.41) is 0. The first-order chi connectivity index (χ1) is 9.11. The molecule has 1 heterocycles. The third kappa shape index (κ3) is 3.02. The Bertz CT molecular complexity index is 558. The zero-order valence-electron chi connectivity index (χ0n) is 11.5. The molecule has 0 bridgehead atoms. The molecule has 0 fully saturated rings. The lowest BCUT2D eigenvalue weighted by Crippen LogP contribution is -2.10. The quantitative estimate of drug-likeness (QED) is 0.775. The Kier molecular flexibility index (Phi) is 4.00. The van der Waals surface area contributed by atoms with Gasteiger partial charge in [-0.1, -0.05) is 19.1 Å². The van der Waals surface area contributed by atoms with Crippen molar-refractivity contribution in [1.82, 2.24) is 9.55 Å². The lowest BCUT2D eigenvalue weighted by Gasteiger charge is -2.11. The largest absolute Gasteiger partial charge is 0.497 e. The van der Waals surface area contributed by atoms with Gasteiger partial charge in [0.1, 0.15) is 5.75 Å². The van der Waals surface area contributed by atoms with Gasteiger partial charge in [0.25, 0.3) is 0 Å². The summed E-state index contributed by atoms with van der Waals surface area (Å²) in [6.45, 7) is 2.04. The van der Waals surface area contributed by atoms with Crippen LogP contribution in [0.25, 0.3) is 0 Å². The third-order valence-electron chi connectivity index (χ3n) is 3.25. The molecule has 0 saturated carbocycles. The number of nitrogens with zero attached hydrogens (tertiary/aromatic N) is 2. The van der Waals surface area contributed by atoms with Gasteiger partial charge in [-0.05, 0) is 23.6 Å². The second-order valence-corrected chi connectivity index (χ2v) is 4.66. The van der Waals surface area contributed by atoms with Gasteiger partial charge in [-0.3, -0.25) is 4.79 Å². The van der Waals surface area contributed by atoms with Gasteiger partial charge < -0.3 is 9.30 Å². The minimum Gasteiger partial charge on any atom is -0.497 e. The van der Waals surface area contributed by atoms with Crippen LogP contribution in [0.4, 0.5) is 0 Å². The maximum Gasteiger partial charge on any atom is 0.198 e. The lowest BCUT2D eigenvalue weighted by atomic mass is 9.95. The van der Waals surface area contributed by atoms with E-state index in [1.807, 2.05) is 38.2 Å². The zero-order chi connectivity index (χ0) is 13.8. The van der Waals surface area contributed by atoms with Gasteiger partial charge >= 0.3 is 0 Å². The highest BCUT2D eigenvalue weighted by molar-refractivity contribution is 5.93. The summed E-state index contributed by atoms with van der Waals surface area (Å²) in [6, 6.07) is 7.82. The van der Waals surface area contributed by atoms with E-state index in [1.54, 1.807) is 24.1 Å². The van der Waals surface area contributed by atoms with Gasteiger partial charge in [-0.25, -0.2) is 4.98 Å². The fourth-order valence-electron chi connectivity index (χ4n) is 2.05. The first kappa shape index (κ1) is 13.3. The highest BCUT2D eigenvalue weighted by Crippen LogP contribution is 2.23. The molecule has 1 aromatic carbocycles. The molecular formula is C15H18N2O2. The molecule has 19 heavy (non-hydrogen) atoms. The number of carbonyl (C=O) groups excluding carboxylic acids is 1. The van der Waals surface area contributed by atoms with E-state index in [0.717, 1.165) is 11.3 Å². The Hall–Kier alpha value is -2.10. The van der Waals surface area contributed by atoms with Crippen LogP contribution in [-0.4, -0.2) is 22.4 Å². The smallest absolute Gasteiger partial charge is 0.198 e. The minimum atomic E-state index is 0.0656. The molecule has 0 N–H and O–H groups in total. The molecule has 4 nitrogen and oxygen atoms in total. The van der Waals surface area contributed by atoms with Crippen molar-refractivity contribution < 1.29 is 9.53 Å². The van der Waals surface area contributed by atoms with Crippen molar-refractivity contribution in [3.63, 3.8) is 0 Å². The van der Waals surface area contributed by atoms with Crippen molar-refractivity contribution >= 4 is 5.78 Å². The molecule has 0 saturated heterocycles. The van der Waals surface area contributed by atoms with Gasteiger partial charge in [0.2, 0.25) is 0 Å². The van der Waals surface area contributed by atoms with Crippen LogP contribution >= 0.6 is 0 Å². The number of hydrogen-bond donors (Lipinski definition) is 0. The van der Waals surface area contributed by atoms with Crippen LogP contribution in [0, 0.1) is 0 Å². The fraction of sp³-hybridized carbons (Fsp3) is 0.333. The van der Waals surface area contributed by atoms with Crippen molar-refractivity contribution in [2.24, 2.45) is 7.05 Å². The Labute approximate surface area is 113 Å². The first-order valence-electron chi connectivity index (χ1n) is 6.26. The summed E-state index contributed by atoms with van der Waals surface area (Å²) in [7, 11) is 3.47. The molecule has 4 heteroatoms. The fourth-order valence-corrected chi connectivity index (χ4v) is 2.05. The molecule has 0 aliphatic heterocycles. The van der Waals surface area contributed by atoms with Crippen LogP contribution < -0.4 is 4.74 Å². The number of benzene rings is 1. The molecule has 1 atom stereocenters. The van der Waals surface area contributed by atoms with Crippen molar-refractivity contribution in [3.8, 4) is 5.75 Å². The standard InChI is InChI=1S/C15H18N2O2/c1-11(12-4-6-13(19-3)7-5-12)10-14(18)15-16-8-9-17(15)2/h4-9,11H,10H2,1-3H3/t11-/m0/s1. The Morgan fingerprint density at radius 2 is 2.05 bits per heavy atom. The molecule has 2 aromatic rings. The molecule has 100 valence electrons. The molecule has 0 amide bonds. The number of aryl methyl sites for hydroxylation is 1. The van der Waals surface area contributed by atoms with Crippen LogP contribution in [0.15, 0.2) is 36.7 Å². The number of carbonyl (C=O) groups is 1. The van der Waals surface area contributed by atoms with E-state index in [0.29, 0.717) is 12.2 Å². The summed E-state index contributed by atoms with van der Waals surface area (Å²) in [4.78, 5) is 16.2. The van der Waals surface area contributed by atoms with Crippen LogP contribution in [0.3, 0.4) is 0 Å². The van der Waals surface area contributed by atoms with Gasteiger partial charge in [0, 0.05) is 25.9 Å². The van der Waals surface area contributed by atoms with E-state index in [4.69, 9.17) is 4.74 Å². The lowest BCUT2D eigenvalue weighted by molar-refractivity contribution is 0.0962. The number of imidazole rings is 1. The van der Waals surface area contributed by atoms with Crippen LogP contribution in [-0.2, 0) is 7.05 Å². The first-order valence-corrected chi connectivity index (χ1v) is 6.26. The second-order valence-electron chi connectivity index (χ2n) is 4.66. The third-order valence-corrected chi connectivity index (χ3v) is 3.25. The topological polar surface area (TPSA) is 44.1 Å². The van der Waals surface area contributed by atoms with Crippen molar-refractivity contribution in [2.45, 2.75) is 19.3 Å². The molecule has 1 aromatic heterocycles. The molecule has 0 aliphatic carbocycles. The monoisotopic (exact) mass is 258 g/mol. The van der Waals surface area contributed by atoms with Gasteiger partial charge in [-0.15, -0.1) is 0 Å². The number of hydrogen-bond acceptors (Lipinski definition) is 3. The van der Waals surface area contributed by atoms with Crippen LogP contribution in [0.2, 0.25) is 0 Å². The summed E-state index contributed by atoms with van der Waals surface area (Å²) in [5.41, 5.74) is 1.13. The van der Waals surface area contributed by atoms with Crippen LogP contribution in [0.1, 0.15) is 35.4 Å². The second kappa shape index (κ2) is 5.69. The van der Waals surface area contributed by atoms with Crippen LogP contribution in [0.5, 0.6) is 5.75 Å². The Morgan fingerprint density at radius 1 is 1.37 bits per heavy atom. The van der Waals surface area contributed by atoms with E-state index >= 15 is 0 Å². The van der Waals surface area contributed by atoms with E-state index in [-0.39, 0.29) is 11.7 Å². The molecule has 0 aliphatic rings. The summed E-state index contributed by atoms with van der Waals surface area (Å²) in [6.07, 6.45) is 3.88. The van der Waals surface area contributed by atoms with E-state index < -0.39 is 0 Å². The normalized spacial score (nSPS) is 12.2. The van der Waals surface area contributed by atoms with E-state index in [1.165, 1.54) is 0 Å². The van der Waals surface area contributed by atoms with Crippen molar-refractivity contribution in [2.75, 3.05) is 7.11 Å². The maximum atomic E-state index is 12.1. The predicted molar refractivity (Wildman–Crippen MR) is 73.6 cm³/mol. The predicted octanol–water partition coefficient (Wildman–Crippen LogP) is 2.81. The van der Waals surface area contributed by atoms with Gasteiger partial charge in [0.05, 0.1) is 7.11 Å². The van der Waals surface area contributed by atoms with Gasteiger partial charge in [-0.2, -0.15) is 0 Å². The highest BCUT2D eigenvalue weighted by Gasteiger charge is 2.16. The number of methoxy groups -OCH3 is 1. The maximum absolute atomic E-state index is 12.1. The number of Topliss-reactive ketones (excluding diaryl/α,β-unsaturated/α-hetero) is 1. The van der Waals surface area contributed by atoms with Gasteiger partial charge in [0.15, 0.2) is 11.6 Å². The number of aromatic nitrogens is 2. The minimum absolute atomic E-state index is 0.0656. The molecular weight excluding hydrogens is 240 g/mol. The van der Waals surface area contributed by atoms with Crippen molar-refractivity contribution in [1.29, 1.82) is 0 Å². The highest BCUT2D eigenvalue weighted by atomic mass is 16.5. The molecule has 0 unspecified atom stereocenters.